The van der Waals surface area contributed by atoms with Crippen molar-refractivity contribution in [3.8, 4) is 0 Å². The van der Waals surface area contributed by atoms with Gasteiger partial charge >= 0.3 is 0 Å². The maximum absolute atomic E-state index is 5.86. The summed E-state index contributed by atoms with van der Waals surface area (Å²) in [7, 11) is 0. The molecule has 1 aromatic rings. The molecule has 0 nitrogen and oxygen atoms in total. The van der Waals surface area contributed by atoms with E-state index < -0.39 is 0 Å². The van der Waals surface area contributed by atoms with Gasteiger partial charge in [-0.3, -0.25) is 0 Å². The Labute approximate surface area is 69.8 Å². The smallest absolute Gasteiger partial charge is 0.0934 e. The van der Waals surface area contributed by atoms with Crippen LogP contribution in [0, 0.1) is 0 Å². The molecule has 1 aliphatic carbocycles. The zero-order valence-corrected chi connectivity index (χ0v) is 7.43. The third-order valence-electron chi connectivity index (χ3n) is 2.15. The fraction of sp³-hybridized carbons (Fsp3) is 0.500. The van der Waals surface area contributed by atoms with Gasteiger partial charge in [0.15, 0.2) is 0 Å². The number of aryl methyl sites for hydroxylation is 1. The van der Waals surface area contributed by atoms with E-state index in [1.165, 1.54) is 23.3 Å². The van der Waals surface area contributed by atoms with Gasteiger partial charge in [-0.15, -0.1) is 11.3 Å². The summed E-state index contributed by atoms with van der Waals surface area (Å²) in [5.41, 5.74) is 1.50. The molecule has 1 aromatic heterocycles. The van der Waals surface area contributed by atoms with Gasteiger partial charge in [-0.25, -0.2) is 0 Å². The lowest BCUT2D eigenvalue weighted by Crippen LogP contribution is -1.80. The molecule has 10 heavy (non-hydrogen) atoms. The Morgan fingerprint density at radius 2 is 2.50 bits per heavy atom. The standard InChI is InChI=1S/C8H9ClS/c1-5-2-3-7-6(5)4-8(9)10-7/h4-5H,2-3H2,1H3. The van der Waals surface area contributed by atoms with Gasteiger partial charge in [0.2, 0.25) is 0 Å². The van der Waals surface area contributed by atoms with E-state index in [0.29, 0.717) is 0 Å². The van der Waals surface area contributed by atoms with Gasteiger partial charge in [-0.05, 0) is 30.4 Å². The Morgan fingerprint density at radius 3 is 3.20 bits per heavy atom. The maximum atomic E-state index is 5.86. The quantitative estimate of drug-likeness (QED) is 0.563. The first-order chi connectivity index (χ1) is 4.77. The van der Waals surface area contributed by atoms with E-state index in [0.717, 1.165) is 10.3 Å². The lowest BCUT2D eigenvalue weighted by molar-refractivity contribution is 0.747. The van der Waals surface area contributed by atoms with Crippen molar-refractivity contribution in [2.45, 2.75) is 25.7 Å². The molecule has 0 aliphatic heterocycles. The van der Waals surface area contributed by atoms with Crippen LogP contribution >= 0.6 is 22.9 Å². The highest BCUT2D eigenvalue weighted by Crippen LogP contribution is 2.39. The van der Waals surface area contributed by atoms with Crippen molar-refractivity contribution in [3.63, 3.8) is 0 Å². The first-order valence-corrected chi connectivity index (χ1v) is 4.75. The maximum Gasteiger partial charge on any atom is 0.0934 e. The van der Waals surface area contributed by atoms with Crippen LogP contribution < -0.4 is 0 Å². The van der Waals surface area contributed by atoms with Crippen LogP contribution in [0.1, 0.15) is 29.7 Å². The summed E-state index contributed by atoms with van der Waals surface area (Å²) in [6.07, 6.45) is 2.56. The molecule has 2 heteroatoms. The highest BCUT2D eigenvalue weighted by atomic mass is 35.5. The van der Waals surface area contributed by atoms with Crippen LogP contribution in [0.4, 0.5) is 0 Å². The van der Waals surface area contributed by atoms with Crippen molar-refractivity contribution in [1.82, 2.24) is 0 Å². The summed E-state index contributed by atoms with van der Waals surface area (Å²) in [5, 5.41) is 0. The Hall–Kier alpha value is -0.0100. The van der Waals surface area contributed by atoms with E-state index in [-0.39, 0.29) is 0 Å². The van der Waals surface area contributed by atoms with Gasteiger partial charge < -0.3 is 0 Å². The Balaban J connectivity index is 2.49. The van der Waals surface area contributed by atoms with E-state index in [4.69, 9.17) is 11.6 Å². The SMILES string of the molecule is CC1CCc2sc(Cl)cc21. The molecular weight excluding hydrogens is 164 g/mol. The molecule has 54 valence electrons. The van der Waals surface area contributed by atoms with Crippen molar-refractivity contribution in [2.75, 3.05) is 0 Å². The van der Waals surface area contributed by atoms with Gasteiger partial charge in [-0.1, -0.05) is 18.5 Å². The van der Waals surface area contributed by atoms with E-state index >= 15 is 0 Å². The fourth-order valence-corrected chi connectivity index (χ4v) is 2.94. The van der Waals surface area contributed by atoms with E-state index in [9.17, 15) is 0 Å². The molecule has 0 amide bonds. The summed E-state index contributed by atoms with van der Waals surface area (Å²) in [6.45, 7) is 2.27. The van der Waals surface area contributed by atoms with Crippen LogP contribution in [0.25, 0.3) is 0 Å². The number of halogens is 1. The molecular formula is C8H9ClS. The zero-order chi connectivity index (χ0) is 7.14. The first-order valence-electron chi connectivity index (χ1n) is 3.55. The first kappa shape index (κ1) is 6.68. The second-order valence-electron chi connectivity index (χ2n) is 2.87. The predicted molar refractivity (Wildman–Crippen MR) is 46.1 cm³/mol. The summed E-state index contributed by atoms with van der Waals surface area (Å²) in [4.78, 5) is 1.51. The van der Waals surface area contributed by atoms with Gasteiger partial charge in [0, 0.05) is 4.88 Å². The molecule has 1 aliphatic rings. The molecule has 2 rings (SSSR count). The fourth-order valence-electron chi connectivity index (χ4n) is 1.52. The molecule has 0 aromatic carbocycles. The lowest BCUT2D eigenvalue weighted by atomic mass is 10.1. The molecule has 0 fully saturated rings. The second kappa shape index (κ2) is 2.24. The third-order valence-corrected chi connectivity index (χ3v) is 3.49. The molecule has 0 saturated carbocycles. The van der Waals surface area contributed by atoms with Crippen LogP contribution in [0.3, 0.4) is 0 Å². The normalized spacial score (nSPS) is 23.2. The number of hydrogen-bond donors (Lipinski definition) is 0. The van der Waals surface area contributed by atoms with Crippen molar-refractivity contribution >= 4 is 22.9 Å². The summed E-state index contributed by atoms with van der Waals surface area (Å²) >= 11 is 7.61. The van der Waals surface area contributed by atoms with E-state index in [2.05, 4.69) is 13.0 Å². The van der Waals surface area contributed by atoms with Crippen LogP contribution in [0.15, 0.2) is 6.07 Å². The number of rotatable bonds is 0. The average Bonchev–Trinajstić information content (AvgIpc) is 2.35. The highest BCUT2D eigenvalue weighted by Gasteiger charge is 2.20. The predicted octanol–water partition coefficient (Wildman–Crippen LogP) is 3.45. The van der Waals surface area contributed by atoms with E-state index in [1.807, 2.05) is 0 Å². The minimum absolute atomic E-state index is 0.749. The molecule has 0 radical (unpaired) electrons. The van der Waals surface area contributed by atoms with Gasteiger partial charge in [0.25, 0.3) is 0 Å². The van der Waals surface area contributed by atoms with Crippen molar-refractivity contribution in [1.29, 1.82) is 0 Å². The van der Waals surface area contributed by atoms with Crippen LogP contribution in [-0.4, -0.2) is 0 Å². The number of fused-ring (bicyclic) bond motifs is 1. The van der Waals surface area contributed by atoms with Crippen LogP contribution in [-0.2, 0) is 6.42 Å². The molecule has 0 spiro atoms. The zero-order valence-electron chi connectivity index (χ0n) is 5.86. The van der Waals surface area contributed by atoms with Gasteiger partial charge in [0.05, 0.1) is 4.34 Å². The second-order valence-corrected chi connectivity index (χ2v) is 4.64. The number of hydrogen-bond acceptors (Lipinski definition) is 1. The molecule has 0 saturated heterocycles. The van der Waals surface area contributed by atoms with E-state index in [1.54, 1.807) is 11.3 Å². The van der Waals surface area contributed by atoms with Crippen molar-refractivity contribution < 1.29 is 0 Å². The van der Waals surface area contributed by atoms with Crippen molar-refractivity contribution in [2.24, 2.45) is 0 Å². The topological polar surface area (TPSA) is 0 Å². The monoisotopic (exact) mass is 172 g/mol. The Bertz CT molecular complexity index is 252. The number of thiophene rings is 1. The summed E-state index contributed by atoms with van der Waals surface area (Å²) in [6, 6.07) is 2.12. The molecule has 0 N–H and O–H groups in total. The molecule has 0 bridgehead atoms. The molecule has 1 atom stereocenters. The largest absolute Gasteiger partial charge is 0.128 e. The Kier molecular flexibility index (Phi) is 1.50. The van der Waals surface area contributed by atoms with Crippen LogP contribution in [0.2, 0.25) is 4.34 Å². The minimum atomic E-state index is 0.749. The van der Waals surface area contributed by atoms with Crippen molar-refractivity contribution in [3.05, 3.63) is 20.8 Å². The molecule has 1 unspecified atom stereocenters. The third kappa shape index (κ3) is 0.886. The highest BCUT2D eigenvalue weighted by molar-refractivity contribution is 7.16. The Morgan fingerprint density at radius 1 is 1.70 bits per heavy atom. The average molecular weight is 173 g/mol. The van der Waals surface area contributed by atoms with Crippen LogP contribution in [0.5, 0.6) is 0 Å². The van der Waals surface area contributed by atoms with Gasteiger partial charge in [0.1, 0.15) is 0 Å². The molecule has 1 heterocycles. The summed E-state index contributed by atoms with van der Waals surface area (Å²) in [5.74, 6) is 0.749. The summed E-state index contributed by atoms with van der Waals surface area (Å²) < 4.78 is 0.955. The van der Waals surface area contributed by atoms with Gasteiger partial charge in [-0.2, -0.15) is 0 Å². The minimum Gasteiger partial charge on any atom is -0.128 e. The lowest BCUT2D eigenvalue weighted by Gasteiger charge is -1.96.